The standard InChI is InChI=1S/C11H11BrN2O/c1-8-3-4-9(10(12)7-8)11(15)14-6-2-5-13/h3-4,7H,2,6H2,1H3,(H,14,15). The Hall–Kier alpha value is -1.34. The largest absolute Gasteiger partial charge is 0.351 e. The number of carbonyl (C=O) groups is 1. The molecule has 0 aliphatic rings. The number of hydrogen-bond donors (Lipinski definition) is 1. The number of nitrogens with one attached hydrogen (secondary N) is 1. The average Bonchev–Trinajstić information content (AvgIpc) is 2.17. The molecule has 4 heteroatoms. The van der Waals surface area contributed by atoms with Crippen molar-refractivity contribution in [3.05, 3.63) is 33.8 Å². The smallest absolute Gasteiger partial charge is 0.252 e. The quantitative estimate of drug-likeness (QED) is 0.855. The van der Waals surface area contributed by atoms with Gasteiger partial charge in [0.1, 0.15) is 0 Å². The lowest BCUT2D eigenvalue weighted by molar-refractivity contribution is 0.0954. The third kappa shape index (κ3) is 3.37. The zero-order valence-electron chi connectivity index (χ0n) is 8.38. The van der Waals surface area contributed by atoms with Crippen LogP contribution in [0.25, 0.3) is 0 Å². The summed E-state index contributed by atoms with van der Waals surface area (Å²) < 4.78 is 0.775. The van der Waals surface area contributed by atoms with Crippen molar-refractivity contribution < 1.29 is 4.79 Å². The molecule has 0 atom stereocenters. The minimum absolute atomic E-state index is 0.155. The van der Waals surface area contributed by atoms with Crippen LogP contribution in [0.4, 0.5) is 0 Å². The van der Waals surface area contributed by atoms with Gasteiger partial charge in [-0.15, -0.1) is 0 Å². The Morgan fingerprint density at radius 1 is 1.60 bits per heavy atom. The summed E-state index contributed by atoms with van der Waals surface area (Å²) in [6.07, 6.45) is 0.329. The maximum atomic E-state index is 11.6. The highest BCUT2D eigenvalue weighted by Crippen LogP contribution is 2.17. The monoisotopic (exact) mass is 266 g/mol. The Morgan fingerprint density at radius 2 is 2.33 bits per heavy atom. The van der Waals surface area contributed by atoms with Gasteiger partial charge in [0.05, 0.1) is 18.1 Å². The molecule has 3 nitrogen and oxygen atoms in total. The first-order valence-corrected chi connectivity index (χ1v) is 5.35. The third-order valence-electron chi connectivity index (χ3n) is 1.89. The van der Waals surface area contributed by atoms with Crippen LogP contribution >= 0.6 is 15.9 Å². The molecule has 0 spiro atoms. The van der Waals surface area contributed by atoms with Crippen LogP contribution in [0.15, 0.2) is 22.7 Å². The zero-order chi connectivity index (χ0) is 11.3. The van der Waals surface area contributed by atoms with E-state index in [0.717, 1.165) is 10.0 Å². The molecule has 78 valence electrons. The molecule has 1 amide bonds. The highest BCUT2D eigenvalue weighted by atomic mass is 79.9. The van der Waals surface area contributed by atoms with E-state index in [1.165, 1.54) is 0 Å². The highest BCUT2D eigenvalue weighted by Gasteiger charge is 2.08. The van der Waals surface area contributed by atoms with Crippen LogP contribution in [0.2, 0.25) is 0 Å². The minimum Gasteiger partial charge on any atom is -0.351 e. The number of carbonyl (C=O) groups excluding carboxylic acids is 1. The summed E-state index contributed by atoms with van der Waals surface area (Å²) in [6.45, 7) is 2.35. The van der Waals surface area contributed by atoms with E-state index in [4.69, 9.17) is 5.26 Å². The predicted octanol–water partition coefficient (Wildman–Crippen LogP) is 2.40. The molecule has 0 aromatic heterocycles. The molecule has 15 heavy (non-hydrogen) atoms. The minimum atomic E-state index is -0.155. The summed E-state index contributed by atoms with van der Waals surface area (Å²) in [5, 5.41) is 11.0. The van der Waals surface area contributed by atoms with Gasteiger partial charge >= 0.3 is 0 Å². The Morgan fingerprint density at radius 3 is 2.93 bits per heavy atom. The average molecular weight is 267 g/mol. The Balaban J connectivity index is 2.70. The van der Waals surface area contributed by atoms with E-state index in [1.54, 1.807) is 6.07 Å². The molecule has 0 radical (unpaired) electrons. The van der Waals surface area contributed by atoms with Crippen molar-refractivity contribution in [3.63, 3.8) is 0 Å². The second-order valence-corrected chi connectivity index (χ2v) is 4.00. The molecule has 1 rings (SSSR count). The van der Waals surface area contributed by atoms with Crippen molar-refractivity contribution in [2.45, 2.75) is 13.3 Å². The molecule has 0 fully saturated rings. The van der Waals surface area contributed by atoms with Gasteiger partial charge in [-0.3, -0.25) is 4.79 Å². The Bertz CT molecular complexity index is 410. The topological polar surface area (TPSA) is 52.9 Å². The first-order valence-electron chi connectivity index (χ1n) is 4.56. The third-order valence-corrected chi connectivity index (χ3v) is 2.55. The molecule has 1 N–H and O–H groups in total. The molecule has 0 saturated heterocycles. The molecule has 0 saturated carbocycles. The van der Waals surface area contributed by atoms with Crippen LogP contribution in [0.3, 0.4) is 0 Å². The van der Waals surface area contributed by atoms with Gasteiger partial charge in [-0.2, -0.15) is 5.26 Å². The number of benzene rings is 1. The first kappa shape index (κ1) is 11.7. The molecule has 0 aliphatic carbocycles. The lowest BCUT2D eigenvalue weighted by Gasteiger charge is -2.05. The van der Waals surface area contributed by atoms with Gasteiger partial charge in [0.15, 0.2) is 0 Å². The fourth-order valence-electron chi connectivity index (χ4n) is 1.13. The van der Waals surface area contributed by atoms with Crippen molar-refractivity contribution in [2.24, 2.45) is 0 Å². The van der Waals surface area contributed by atoms with Crippen LogP contribution in [-0.2, 0) is 0 Å². The number of nitrogens with zero attached hydrogens (tertiary/aromatic N) is 1. The number of rotatable bonds is 3. The van der Waals surface area contributed by atoms with E-state index in [0.29, 0.717) is 18.5 Å². The molecule has 1 aromatic carbocycles. The molecule has 0 aliphatic heterocycles. The summed E-state index contributed by atoms with van der Waals surface area (Å²) in [5.74, 6) is -0.155. The van der Waals surface area contributed by atoms with Crippen LogP contribution < -0.4 is 5.32 Å². The van der Waals surface area contributed by atoms with Crippen LogP contribution in [0, 0.1) is 18.3 Å². The normalized spacial score (nSPS) is 9.40. The molecule has 1 aromatic rings. The zero-order valence-corrected chi connectivity index (χ0v) is 9.97. The van der Waals surface area contributed by atoms with Gasteiger partial charge in [0.25, 0.3) is 5.91 Å². The van der Waals surface area contributed by atoms with E-state index < -0.39 is 0 Å². The molecule has 0 heterocycles. The summed E-state index contributed by atoms with van der Waals surface area (Å²) in [7, 11) is 0. The second-order valence-electron chi connectivity index (χ2n) is 3.15. The Labute approximate surface area is 97.2 Å². The molecule has 0 bridgehead atoms. The van der Waals surface area contributed by atoms with Gasteiger partial charge in [-0.05, 0) is 40.5 Å². The predicted molar refractivity (Wildman–Crippen MR) is 61.4 cm³/mol. The summed E-state index contributed by atoms with van der Waals surface area (Å²) in [4.78, 5) is 11.6. The SMILES string of the molecule is Cc1ccc(C(=O)NCCC#N)c(Br)c1. The highest BCUT2D eigenvalue weighted by molar-refractivity contribution is 9.10. The van der Waals surface area contributed by atoms with E-state index in [-0.39, 0.29) is 5.91 Å². The molecule has 0 unspecified atom stereocenters. The van der Waals surface area contributed by atoms with Gasteiger partial charge in [-0.1, -0.05) is 6.07 Å². The van der Waals surface area contributed by atoms with Crippen molar-refractivity contribution in [2.75, 3.05) is 6.54 Å². The summed E-state index contributed by atoms with van der Waals surface area (Å²) in [6, 6.07) is 7.50. The van der Waals surface area contributed by atoms with Gasteiger partial charge in [-0.25, -0.2) is 0 Å². The van der Waals surface area contributed by atoms with E-state index in [9.17, 15) is 4.79 Å². The molecular formula is C11H11BrN2O. The van der Waals surface area contributed by atoms with Crippen molar-refractivity contribution in [1.29, 1.82) is 5.26 Å². The van der Waals surface area contributed by atoms with Gasteiger partial charge < -0.3 is 5.32 Å². The fourth-order valence-corrected chi connectivity index (χ4v) is 1.80. The van der Waals surface area contributed by atoms with Crippen molar-refractivity contribution >= 4 is 21.8 Å². The summed E-state index contributed by atoms with van der Waals surface area (Å²) in [5.41, 5.74) is 1.69. The number of halogens is 1. The lowest BCUT2D eigenvalue weighted by atomic mass is 10.1. The molecular weight excluding hydrogens is 256 g/mol. The van der Waals surface area contributed by atoms with Crippen molar-refractivity contribution in [1.82, 2.24) is 5.32 Å². The van der Waals surface area contributed by atoms with E-state index in [1.807, 2.05) is 25.1 Å². The number of nitriles is 1. The van der Waals surface area contributed by atoms with Crippen LogP contribution in [0.5, 0.6) is 0 Å². The first-order chi connectivity index (χ1) is 7.15. The van der Waals surface area contributed by atoms with Crippen LogP contribution in [-0.4, -0.2) is 12.5 Å². The Kier molecular flexibility index (Phi) is 4.32. The van der Waals surface area contributed by atoms with Crippen molar-refractivity contribution in [3.8, 4) is 6.07 Å². The summed E-state index contributed by atoms with van der Waals surface area (Å²) >= 11 is 3.33. The van der Waals surface area contributed by atoms with Gasteiger partial charge in [0.2, 0.25) is 0 Å². The fraction of sp³-hybridized carbons (Fsp3) is 0.273. The van der Waals surface area contributed by atoms with Gasteiger partial charge in [0, 0.05) is 11.0 Å². The maximum Gasteiger partial charge on any atom is 0.252 e. The van der Waals surface area contributed by atoms with E-state index >= 15 is 0 Å². The second kappa shape index (κ2) is 5.52. The lowest BCUT2D eigenvalue weighted by Crippen LogP contribution is -2.24. The number of hydrogen-bond acceptors (Lipinski definition) is 2. The number of aryl methyl sites for hydroxylation is 1. The van der Waals surface area contributed by atoms with E-state index in [2.05, 4.69) is 21.2 Å². The maximum absolute atomic E-state index is 11.6. The van der Waals surface area contributed by atoms with Crippen LogP contribution in [0.1, 0.15) is 22.3 Å². The number of amides is 1.